The van der Waals surface area contributed by atoms with Crippen molar-refractivity contribution in [2.45, 2.75) is 18.4 Å². The molecular formula is C15H19ClFN3O2. The number of rotatable bonds is 4. The number of nitrogens with zero attached hydrogens (tertiary/aromatic N) is 1. The molecule has 2 aliphatic rings. The Morgan fingerprint density at radius 2 is 1.55 bits per heavy atom. The van der Waals surface area contributed by atoms with Crippen LogP contribution in [-0.4, -0.2) is 35.8 Å². The Kier molecular flexibility index (Phi) is 4.72. The molecule has 1 saturated heterocycles. The van der Waals surface area contributed by atoms with E-state index in [-0.39, 0.29) is 24.3 Å². The van der Waals surface area contributed by atoms with E-state index in [1.807, 2.05) is 0 Å². The summed E-state index contributed by atoms with van der Waals surface area (Å²) in [7, 11) is 0. The van der Waals surface area contributed by atoms with Crippen molar-refractivity contribution < 1.29 is 14.0 Å². The second-order valence-corrected chi connectivity index (χ2v) is 5.93. The number of carbonyl (C=O) groups is 2. The summed E-state index contributed by atoms with van der Waals surface area (Å²) in [6, 6.07) is 6.75. The fourth-order valence-electron chi connectivity index (χ4n) is 3.33. The zero-order valence-electron chi connectivity index (χ0n) is 11.9. The first kappa shape index (κ1) is 16.7. The van der Waals surface area contributed by atoms with Crippen molar-refractivity contribution in [1.29, 1.82) is 0 Å². The minimum absolute atomic E-state index is 0. The van der Waals surface area contributed by atoms with Crippen LogP contribution in [-0.2, 0) is 9.59 Å². The topological polar surface area (TPSA) is 89.4 Å². The van der Waals surface area contributed by atoms with Crippen LogP contribution < -0.4 is 11.5 Å². The quantitative estimate of drug-likeness (QED) is 0.849. The van der Waals surface area contributed by atoms with Gasteiger partial charge in [-0.1, -0.05) is 12.1 Å². The summed E-state index contributed by atoms with van der Waals surface area (Å²) in [5.74, 6) is -1.88. The van der Waals surface area contributed by atoms with Crippen molar-refractivity contribution in [2.24, 2.45) is 23.3 Å². The van der Waals surface area contributed by atoms with E-state index in [0.29, 0.717) is 19.0 Å². The lowest BCUT2D eigenvalue weighted by Gasteiger charge is -2.15. The highest BCUT2D eigenvalue weighted by molar-refractivity contribution is 5.87. The third-order valence-electron chi connectivity index (χ3n) is 4.60. The summed E-state index contributed by atoms with van der Waals surface area (Å²) in [4.78, 5) is 25.0. The van der Waals surface area contributed by atoms with Crippen LogP contribution in [0.2, 0.25) is 0 Å². The predicted molar refractivity (Wildman–Crippen MR) is 81.7 cm³/mol. The first-order valence-corrected chi connectivity index (χ1v) is 7.05. The van der Waals surface area contributed by atoms with Crippen LogP contribution in [0.3, 0.4) is 0 Å². The normalized spacial score (nSPS) is 30.6. The number of primary amides is 2. The predicted octanol–water partition coefficient (Wildman–Crippen LogP) is 0.622. The van der Waals surface area contributed by atoms with Gasteiger partial charge >= 0.3 is 0 Å². The third-order valence-corrected chi connectivity index (χ3v) is 4.60. The minimum atomic E-state index is -0.503. The molecule has 22 heavy (non-hydrogen) atoms. The second-order valence-electron chi connectivity index (χ2n) is 5.93. The van der Waals surface area contributed by atoms with Gasteiger partial charge in [0.2, 0.25) is 11.8 Å². The van der Waals surface area contributed by atoms with E-state index >= 15 is 0 Å². The van der Waals surface area contributed by atoms with E-state index in [2.05, 4.69) is 4.90 Å². The van der Waals surface area contributed by atoms with Gasteiger partial charge in [0, 0.05) is 25.0 Å². The van der Waals surface area contributed by atoms with Gasteiger partial charge in [-0.3, -0.25) is 14.5 Å². The SMILES string of the molecule is Cl.NC(=O)C1CN([C@H]2C[C@@H]2c2ccc(F)cc2)CC1C(N)=O. The van der Waals surface area contributed by atoms with Crippen LogP contribution in [0.5, 0.6) is 0 Å². The van der Waals surface area contributed by atoms with Gasteiger partial charge in [-0.15, -0.1) is 12.4 Å². The summed E-state index contributed by atoms with van der Waals surface area (Å²) in [6.45, 7) is 0.955. The molecule has 0 aromatic heterocycles. The molecule has 4 atom stereocenters. The van der Waals surface area contributed by atoms with Crippen molar-refractivity contribution in [2.75, 3.05) is 13.1 Å². The van der Waals surface area contributed by atoms with Crippen molar-refractivity contribution in [3.05, 3.63) is 35.6 Å². The molecular weight excluding hydrogens is 309 g/mol. The van der Waals surface area contributed by atoms with Crippen LogP contribution in [0.25, 0.3) is 0 Å². The first-order chi connectivity index (χ1) is 9.97. The van der Waals surface area contributed by atoms with Crippen LogP contribution in [0.15, 0.2) is 24.3 Å². The largest absolute Gasteiger partial charge is 0.369 e. The van der Waals surface area contributed by atoms with Gasteiger partial charge < -0.3 is 11.5 Å². The van der Waals surface area contributed by atoms with E-state index < -0.39 is 23.7 Å². The smallest absolute Gasteiger partial charge is 0.222 e. The van der Waals surface area contributed by atoms with E-state index in [4.69, 9.17) is 11.5 Å². The maximum atomic E-state index is 12.9. The zero-order valence-corrected chi connectivity index (χ0v) is 12.8. The third kappa shape index (κ3) is 3.08. The molecule has 7 heteroatoms. The maximum Gasteiger partial charge on any atom is 0.222 e. The minimum Gasteiger partial charge on any atom is -0.369 e. The number of carbonyl (C=O) groups excluding carboxylic acids is 2. The van der Waals surface area contributed by atoms with E-state index in [1.165, 1.54) is 12.1 Å². The Morgan fingerprint density at radius 1 is 1.05 bits per heavy atom. The number of amides is 2. The Labute approximate surface area is 134 Å². The van der Waals surface area contributed by atoms with Crippen molar-refractivity contribution in [3.8, 4) is 0 Å². The van der Waals surface area contributed by atoms with Crippen LogP contribution >= 0.6 is 12.4 Å². The Hall–Kier alpha value is -1.66. The highest BCUT2D eigenvalue weighted by Gasteiger charge is 2.49. The molecule has 0 bridgehead atoms. The highest BCUT2D eigenvalue weighted by Crippen LogP contribution is 2.46. The number of halogens is 2. The van der Waals surface area contributed by atoms with Crippen LogP contribution in [0, 0.1) is 17.7 Å². The molecule has 1 aliphatic carbocycles. The molecule has 1 aromatic carbocycles. The first-order valence-electron chi connectivity index (χ1n) is 7.05. The lowest BCUT2D eigenvalue weighted by molar-refractivity contribution is -0.129. The molecule has 1 saturated carbocycles. The second kappa shape index (κ2) is 6.22. The Morgan fingerprint density at radius 3 is 2.00 bits per heavy atom. The fraction of sp³-hybridized carbons (Fsp3) is 0.467. The van der Waals surface area contributed by atoms with Gasteiger partial charge in [-0.2, -0.15) is 0 Å². The van der Waals surface area contributed by atoms with Crippen LogP contribution in [0.4, 0.5) is 4.39 Å². The lowest BCUT2D eigenvalue weighted by atomic mass is 9.95. The van der Waals surface area contributed by atoms with Crippen LogP contribution in [0.1, 0.15) is 17.9 Å². The maximum absolute atomic E-state index is 12.9. The van der Waals surface area contributed by atoms with E-state index in [1.54, 1.807) is 12.1 Å². The average Bonchev–Trinajstić information content (AvgIpc) is 3.09. The van der Waals surface area contributed by atoms with Gasteiger partial charge in [-0.25, -0.2) is 4.39 Å². The molecule has 4 N–H and O–H groups in total. The van der Waals surface area contributed by atoms with Gasteiger partial charge in [0.25, 0.3) is 0 Å². The standard InChI is InChI=1S/C15H18FN3O2.ClH/c16-9-3-1-8(2-4-9)10-5-13(10)19-6-11(14(17)20)12(7-19)15(18)21;/h1-4,10-13H,5-7H2,(H2,17,20)(H2,18,21);1H/t10-,11?,12?,13+;/m1./s1. The molecule has 2 fully saturated rings. The molecule has 2 unspecified atom stereocenters. The van der Waals surface area contributed by atoms with Gasteiger partial charge in [0.15, 0.2) is 0 Å². The molecule has 2 amide bonds. The van der Waals surface area contributed by atoms with Crippen molar-refractivity contribution in [1.82, 2.24) is 4.90 Å². The highest BCUT2D eigenvalue weighted by atomic mass is 35.5. The van der Waals surface area contributed by atoms with Crippen molar-refractivity contribution >= 4 is 24.2 Å². The molecule has 1 heterocycles. The lowest BCUT2D eigenvalue weighted by Crippen LogP contribution is -2.36. The van der Waals surface area contributed by atoms with E-state index in [0.717, 1.165) is 12.0 Å². The summed E-state index contributed by atoms with van der Waals surface area (Å²) < 4.78 is 12.9. The number of nitrogens with two attached hydrogens (primary N) is 2. The van der Waals surface area contributed by atoms with E-state index in [9.17, 15) is 14.0 Å². The summed E-state index contributed by atoms with van der Waals surface area (Å²) in [5, 5.41) is 0. The van der Waals surface area contributed by atoms with Gasteiger partial charge in [-0.05, 0) is 24.1 Å². The molecule has 1 aliphatic heterocycles. The Balaban J connectivity index is 0.00000176. The monoisotopic (exact) mass is 327 g/mol. The van der Waals surface area contributed by atoms with Gasteiger partial charge in [0.1, 0.15) is 5.82 Å². The zero-order chi connectivity index (χ0) is 15.1. The number of benzene rings is 1. The molecule has 0 spiro atoms. The number of hydrogen-bond donors (Lipinski definition) is 2. The molecule has 5 nitrogen and oxygen atoms in total. The fourth-order valence-corrected chi connectivity index (χ4v) is 3.33. The average molecular weight is 328 g/mol. The summed E-state index contributed by atoms with van der Waals surface area (Å²) in [5.41, 5.74) is 11.8. The summed E-state index contributed by atoms with van der Waals surface area (Å²) in [6.07, 6.45) is 0.947. The number of hydrogen-bond acceptors (Lipinski definition) is 3. The molecule has 0 radical (unpaired) electrons. The molecule has 120 valence electrons. The molecule has 1 aromatic rings. The molecule has 3 rings (SSSR count). The van der Waals surface area contributed by atoms with Crippen molar-refractivity contribution in [3.63, 3.8) is 0 Å². The summed E-state index contributed by atoms with van der Waals surface area (Å²) >= 11 is 0. The Bertz CT molecular complexity index is 559. The number of likely N-dealkylation sites (tertiary alicyclic amines) is 1. The van der Waals surface area contributed by atoms with Gasteiger partial charge in [0.05, 0.1) is 11.8 Å².